The predicted octanol–water partition coefficient (Wildman–Crippen LogP) is 3.28. The predicted molar refractivity (Wildman–Crippen MR) is 108 cm³/mol. The molecule has 1 saturated carbocycles. The van der Waals surface area contributed by atoms with Crippen molar-refractivity contribution in [1.29, 1.82) is 0 Å². The van der Waals surface area contributed by atoms with Gasteiger partial charge in [0.1, 0.15) is 0 Å². The molecule has 1 aliphatic carbocycles. The van der Waals surface area contributed by atoms with Gasteiger partial charge in [0.2, 0.25) is 15.9 Å². The topological polar surface area (TPSA) is 89.3 Å². The van der Waals surface area contributed by atoms with Crippen molar-refractivity contribution in [3.05, 3.63) is 96.1 Å². The first kappa shape index (κ1) is 18.4. The standard InChI is InChI=1S/C22H20N2O3S/c23-28(26,27)19-13-11-18(12-14-19)24-21(25)20-15-22(20,16-7-3-1-4-8-16)17-9-5-2-6-10-17/h1-14,20H,15H2,(H,24,25)(H2,23,26,27)/t20-/m1/s1. The summed E-state index contributed by atoms with van der Waals surface area (Å²) in [6, 6.07) is 26.0. The molecular weight excluding hydrogens is 372 g/mol. The molecule has 6 heteroatoms. The number of benzene rings is 3. The molecule has 0 unspecified atom stereocenters. The lowest BCUT2D eigenvalue weighted by Crippen LogP contribution is -2.22. The highest BCUT2D eigenvalue weighted by molar-refractivity contribution is 7.89. The Morgan fingerprint density at radius 2 is 1.36 bits per heavy atom. The average Bonchev–Trinajstić information content (AvgIpc) is 3.46. The van der Waals surface area contributed by atoms with Gasteiger partial charge in [-0.1, -0.05) is 60.7 Å². The fourth-order valence-corrected chi connectivity index (χ4v) is 4.33. The summed E-state index contributed by atoms with van der Waals surface area (Å²) in [6.45, 7) is 0. The van der Waals surface area contributed by atoms with Crippen LogP contribution in [0.3, 0.4) is 0 Å². The van der Waals surface area contributed by atoms with E-state index >= 15 is 0 Å². The van der Waals surface area contributed by atoms with Crippen molar-refractivity contribution >= 4 is 21.6 Å². The Balaban J connectivity index is 1.60. The first-order chi connectivity index (χ1) is 13.4. The second-order valence-corrected chi connectivity index (χ2v) is 8.58. The molecule has 4 rings (SSSR count). The van der Waals surface area contributed by atoms with Crippen LogP contribution < -0.4 is 10.5 Å². The van der Waals surface area contributed by atoms with E-state index in [4.69, 9.17) is 5.14 Å². The van der Waals surface area contributed by atoms with Crippen LogP contribution in [0.25, 0.3) is 0 Å². The fourth-order valence-electron chi connectivity index (χ4n) is 3.81. The fraction of sp³-hybridized carbons (Fsp3) is 0.136. The Bertz CT molecular complexity index is 1060. The van der Waals surface area contributed by atoms with Gasteiger partial charge in [0.15, 0.2) is 0 Å². The highest BCUT2D eigenvalue weighted by Crippen LogP contribution is 2.59. The van der Waals surface area contributed by atoms with E-state index in [1.165, 1.54) is 12.1 Å². The van der Waals surface area contributed by atoms with E-state index in [1.54, 1.807) is 12.1 Å². The molecule has 3 aromatic rings. The lowest BCUT2D eigenvalue weighted by Gasteiger charge is -2.19. The maximum Gasteiger partial charge on any atom is 0.238 e. The van der Waals surface area contributed by atoms with Crippen LogP contribution >= 0.6 is 0 Å². The summed E-state index contributed by atoms with van der Waals surface area (Å²) in [5.41, 5.74) is 2.43. The molecule has 0 saturated heterocycles. The van der Waals surface area contributed by atoms with E-state index < -0.39 is 10.0 Å². The van der Waals surface area contributed by atoms with Gasteiger partial charge in [-0.2, -0.15) is 0 Å². The Hall–Kier alpha value is -2.96. The van der Waals surface area contributed by atoms with Gasteiger partial charge in [0.25, 0.3) is 0 Å². The average molecular weight is 392 g/mol. The minimum absolute atomic E-state index is 0.0137. The molecule has 1 amide bonds. The van der Waals surface area contributed by atoms with Gasteiger partial charge >= 0.3 is 0 Å². The lowest BCUT2D eigenvalue weighted by molar-refractivity contribution is -0.117. The third kappa shape index (κ3) is 3.32. The SMILES string of the molecule is NS(=O)(=O)c1ccc(NC(=O)[C@H]2CC2(c2ccccc2)c2ccccc2)cc1. The quantitative estimate of drug-likeness (QED) is 0.698. The van der Waals surface area contributed by atoms with Gasteiger partial charge in [0.05, 0.1) is 10.8 Å². The minimum Gasteiger partial charge on any atom is -0.326 e. The molecule has 142 valence electrons. The molecule has 28 heavy (non-hydrogen) atoms. The van der Waals surface area contributed by atoms with Crippen LogP contribution in [0.5, 0.6) is 0 Å². The monoisotopic (exact) mass is 392 g/mol. The van der Waals surface area contributed by atoms with Crippen LogP contribution in [0.4, 0.5) is 5.69 Å². The highest BCUT2D eigenvalue weighted by atomic mass is 32.2. The number of rotatable bonds is 5. The normalized spacial score (nSPS) is 17.7. The Kier molecular flexibility index (Phi) is 4.53. The van der Waals surface area contributed by atoms with E-state index in [0.717, 1.165) is 17.5 Å². The van der Waals surface area contributed by atoms with Crippen LogP contribution in [-0.4, -0.2) is 14.3 Å². The van der Waals surface area contributed by atoms with Crippen LogP contribution in [0.2, 0.25) is 0 Å². The zero-order chi connectivity index (χ0) is 19.8. The summed E-state index contributed by atoms with van der Waals surface area (Å²) >= 11 is 0. The van der Waals surface area contributed by atoms with Gasteiger partial charge in [0, 0.05) is 11.1 Å². The second-order valence-electron chi connectivity index (χ2n) is 7.02. The number of carbonyl (C=O) groups is 1. The Morgan fingerprint density at radius 1 is 0.857 bits per heavy atom. The maximum absolute atomic E-state index is 13.0. The van der Waals surface area contributed by atoms with Gasteiger partial charge in [-0.05, 0) is 41.8 Å². The molecular formula is C22H20N2O3S. The van der Waals surface area contributed by atoms with E-state index in [2.05, 4.69) is 29.6 Å². The third-order valence-corrected chi connectivity index (χ3v) is 6.23. The maximum atomic E-state index is 13.0. The zero-order valence-electron chi connectivity index (χ0n) is 15.1. The summed E-state index contributed by atoms with van der Waals surface area (Å²) in [6.07, 6.45) is 0.724. The van der Waals surface area contributed by atoms with Crippen molar-refractivity contribution in [3.8, 4) is 0 Å². The highest BCUT2D eigenvalue weighted by Gasteiger charge is 2.60. The molecule has 5 nitrogen and oxygen atoms in total. The second kappa shape index (κ2) is 6.89. The van der Waals surface area contributed by atoms with Crippen LogP contribution in [0.15, 0.2) is 89.8 Å². The summed E-state index contributed by atoms with van der Waals surface area (Å²) in [7, 11) is -3.76. The van der Waals surface area contributed by atoms with E-state index in [0.29, 0.717) is 5.69 Å². The Morgan fingerprint density at radius 3 is 1.82 bits per heavy atom. The number of anilines is 1. The molecule has 1 fully saturated rings. The van der Waals surface area contributed by atoms with E-state index in [9.17, 15) is 13.2 Å². The molecule has 0 bridgehead atoms. The molecule has 0 aromatic heterocycles. The number of primary sulfonamides is 1. The van der Waals surface area contributed by atoms with Crippen LogP contribution in [0.1, 0.15) is 17.5 Å². The van der Waals surface area contributed by atoms with Gasteiger partial charge in [-0.25, -0.2) is 13.6 Å². The number of hydrogen-bond acceptors (Lipinski definition) is 3. The smallest absolute Gasteiger partial charge is 0.238 e. The first-order valence-electron chi connectivity index (χ1n) is 8.96. The first-order valence-corrected chi connectivity index (χ1v) is 10.5. The third-order valence-electron chi connectivity index (χ3n) is 5.31. The van der Waals surface area contributed by atoms with Crippen molar-refractivity contribution in [2.75, 3.05) is 5.32 Å². The summed E-state index contributed by atoms with van der Waals surface area (Å²) in [5, 5.41) is 8.02. The van der Waals surface area contributed by atoms with Crippen LogP contribution in [0, 0.1) is 5.92 Å². The summed E-state index contributed by atoms with van der Waals surface area (Å²) < 4.78 is 22.7. The Labute approximate surface area is 164 Å². The largest absolute Gasteiger partial charge is 0.326 e. The zero-order valence-corrected chi connectivity index (χ0v) is 15.9. The minimum atomic E-state index is -3.76. The lowest BCUT2D eigenvalue weighted by atomic mass is 9.85. The molecule has 3 aromatic carbocycles. The number of sulfonamides is 1. The van der Waals surface area contributed by atoms with Gasteiger partial charge < -0.3 is 5.32 Å². The molecule has 3 N–H and O–H groups in total. The molecule has 1 aliphatic rings. The molecule has 0 heterocycles. The van der Waals surface area contributed by atoms with E-state index in [1.807, 2.05) is 36.4 Å². The number of hydrogen-bond donors (Lipinski definition) is 2. The molecule has 0 radical (unpaired) electrons. The number of carbonyl (C=O) groups excluding carboxylic acids is 1. The van der Waals surface area contributed by atoms with Crippen LogP contribution in [-0.2, 0) is 20.2 Å². The summed E-state index contributed by atoms with van der Waals surface area (Å²) in [4.78, 5) is 13.0. The number of amides is 1. The van der Waals surface area contributed by atoms with Crippen molar-refractivity contribution in [1.82, 2.24) is 0 Å². The van der Waals surface area contributed by atoms with Crippen molar-refractivity contribution in [2.24, 2.45) is 11.1 Å². The van der Waals surface area contributed by atoms with Crippen molar-refractivity contribution in [2.45, 2.75) is 16.7 Å². The number of nitrogens with one attached hydrogen (secondary N) is 1. The summed E-state index contributed by atoms with van der Waals surface area (Å²) in [5.74, 6) is -0.286. The van der Waals surface area contributed by atoms with Crippen molar-refractivity contribution in [3.63, 3.8) is 0 Å². The van der Waals surface area contributed by atoms with Crippen molar-refractivity contribution < 1.29 is 13.2 Å². The van der Waals surface area contributed by atoms with Gasteiger partial charge in [-0.3, -0.25) is 4.79 Å². The van der Waals surface area contributed by atoms with Gasteiger partial charge in [-0.15, -0.1) is 0 Å². The number of nitrogens with two attached hydrogens (primary N) is 1. The molecule has 0 aliphatic heterocycles. The molecule has 0 spiro atoms. The van der Waals surface area contributed by atoms with E-state index in [-0.39, 0.29) is 22.1 Å². The molecule has 1 atom stereocenters.